The predicted octanol–water partition coefficient (Wildman–Crippen LogP) is 2.06. The average Bonchev–Trinajstić information content (AvgIpc) is 3.03. The van der Waals surface area contributed by atoms with Crippen LogP contribution < -0.4 is 4.90 Å². The maximum absolute atomic E-state index is 13.0. The number of amides is 1. The standard InChI is InChI=1S/C16H15F3N4O4/c1-9-8-10(13(27-9)16(17,18)19)14(24)23-6-4-22(5-7-23)12-3-2-11(15(25)26)20-21-12/h2-3,8H,4-7H2,1H3,(H,25,26). The molecule has 1 fully saturated rings. The lowest BCUT2D eigenvalue weighted by Gasteiger charge is -2.35. The maximum atomic E-state index is 13.0. The molecule has 0 bridgehead atoms. The number of piperazine rings is 1. The fraction of sp³-hybridized carbons (Fsp3) is 0.375. The van der Waals surface area contributed by atoms with E-state index in [1.54, 1.807) is 4.90 Å². The molecule has 1 aliphatic rings. The second kappa shape index (κ2) is 6.89. The summed E-state index contributed by atoms with van der Waals surface area (Å²) in [4.78, 5) is 26.4. The van der Waals surface area contributed by atoms with Crippen LogP contribution in [-0.4, -0.2) is 58.3 Å². The van der Waals surface area contributed by atoms with Crippen molar-refractivity contribution in [1.82, 2.24) is 15.1 Å². The Balaban J connectivity index is 1.69. The average molecular weight is 384 g/mol. The number of carbonyl (C=O) groups is 2. The first-order chi connectivity index (χ1) is 12.7. The van der Waals surface area contributed by atoms with Crippen LogP contribution in [0.25, 0.3) is 0 Å². The van der Waals surface area contributed by atoms with Crippen molar-refractivity contribution in [2.24, 2.45) is 0 Å². The van der Waals surface area contributed by atoms with Crippen LogP contribution in [0.3, 0.4) is 0 Å². The molecule has 0 radical (unpaired) electrons. The lowest BCUT2D eigenvalue weighted by molar-refractivity contribution is -0.153. The first-order valence-corrected chi connectivity index (χ1v) is 7.95. The number of hydrogen-bond donors (Lipinski definition) is 1. The second-order valence-electron chi connectivity index (χ2n) is 5.96. The Kier molecular flexibility index (Phi) is 4.77. The van der Waals surface area contributed by atoms with Gasteiger partial charge in [-0.05, 0) is 25.1 Å². The Bertz CT molecular complexity index is 856. The van der Waals surface area contributed by atoms with Gasteiger partial charge in [-0.3, -0.25) is 4.79 Å². The van der Waals surface area contributed by atoms with Gasteiger partial charge in [0.15, 0.2) is 11.5 Å². The molecule has 144 valence electrons. The van der Waals surface area contributed by atoms with E-state index in [-0.39, 0.29) is 24.5 Å². The van der Waals surface area contributed by atoms with Crippen molar-refractivity contribution in [2.75, 3.05) is 31.1 Å². The van der Waals surface area contributed by atoms with Crippen LogP contribution in [0.1, 0.15) is 32.4 Å². The maximum Gasteiger partial charge on any atom is 0.450 e. The van der Waals surface area contributed by atoms with E-state index >= 15 is 0 Å². The van der Waals surface area contributed by atoms with E-state index in [2.05, 4.69) is 14.6 Å². The van der Waals surface area contributed by atoms with E-state index in [4.69, 9.17) is 5.11 Å². The molecule has 0 atom stereocenters. The Morgan fingerprint density at radius 3 is 2.33 bits per heavy atom. The summed E-state index contributed by atoms with van der Waals surface area (Å²) in [5.74, 6) is -2.78. The van der Waals surface area contributed by atoms with Gasteiger partial charge in [-0.15, -0.1) is 10.2 Å². The lowest BCUT2D eigenvalue weighted by Crippen LogP contribution is -2.49. The topological polar surface area (TPSA) is 99.8 Å². The van der Waals surface area contributed by atoms with Crippen LogP contribution in [0.2, 0.25) is 0 Å². The molecule has 1 saturated heterocycles. The summed E-state index contributed by atoms with van der Waals surface area (Å²) in [5, 5.41) is 16.2. The molecule has 1 aliphatic heterocycles. The predicted molar refractivity (Wildman–Crippen MR) is 85.6 cm³/mol. The van der Waals surface area contributed by atoms with Crippen molar-refractivity contribution in [2.45, 2.75) is 13.1 Å². The molecule has 0 aliphatic carbocycles. The number of rotatable bonds is 3. The molecule has 2 aromatic heterocycles. The molecule has 1 N–H and O–H groups in total. The van der Waals surface area contributed by atoms with Crippen LogP contribution in [0, 0.1) is 6.92 Å². The first kappa shape index (κ1) is 18.7. The Morgan fingerprint density at radius 1 is 1.15 bits per heavy atom. The van der Waals surface area contributed by atoms with Crippen molar-refractivity contribution >= 4 is 17.7 Å². The van der Waals surface area contributed by atoms with Gasteiger partial charge in [0.2, 0.25) is 5.76 Å². The highest BCUT2D eigenvalue weighted by molar-refractivity contribution is 5.95. The molecule has 3 rings (SSSR count). The normalized spacial score (nSPS) is 15.1. The van der Waals surface area contributed by atoms with E-state index in [1.165, 1.54) is 24.0 Å². The SMILES string of the molecule is Cc1cc(C(=O)N2CCN(c3ccc(C(=O)O)nn3)CC2)c(C(F)(F)F)o1. The summed E-state index contributed by atoms with van der Waals surface area (Å²) in [6.07, 6.45) is -4.75. The highest BCUT2D eigenvalue weighted by Gasteiger charge is 2.41. The van der Waals surface area contributed by atoms with Gasteiger partial charge in [0.1, 0.15) is 5.76 Å². The van der Waals surface area contributed by atoms with Gasteiger partial charge in [0.25, 0.3) is 5.91 Å². The van der Waals surface area contributed by atoms with Crippen LogP contribution >= 0.6 is 0 Å². The number of carboxylic acids is 1. The van der Waals surface area contributed by atoms with Crippen molar-refractivity contribution in [3.05, 3.63) is 41.0 Å². The quantitative estimate of drug-likeness (QED) is 0.865. The van der Waals surface area contributed by atoms with Crippen LogP contribution in [-0.2, 0) is 6.18 Å². The van der Waals surface area contributed by atoms with Crippen molar-refractivity contribution in [1.29, 1.82) is 0 Å². The monoisotopic (exact) mass is 384 g/mol. The summed E-state index contributed by atoms with van der Waals surface area (Å²) in [6, 6.07) is 3.90. The molecule has 0 unspecified atom stereocenters. The molecule has 2 aromatic rings. The molecule has 11 heteroatoms. The smallest absolute Gasteiger partial charge is 0.450 e. The largest absolute Gasteiger partial charge is 0.476 e. The number of nitrogens with zero attached hydrogens (tertiary/aromatic N) is 4. The third-order valence-electron chi connectivity index (χ3n) is 4.10. The van der Waals surface area contributed by atoms with Gasteiger partial charge in [-0.2, -0.15) is 13.2 Å². The summed E-state index contributed by atoms with van der Waals surface area (Å²) >= 11 is 0. The zero-order valence-electron chi connectivity index (χ0n) is 14.2. The summed E-state index contributed by atoms with van der Waals surface area (Å²) in [6.45, 7) is 2.37. The van der Waals surface area contributed by atoms with E-state index in [9.17, 15) is 22.8 Å². The van der Waals surface area contributed by atoms with Gasteiger partial charge >= 0.3 is 12.1 Å². The zero-order valence-corrected chi connectivity index (χ0v) is 14.2. The minimum Gasteiger partial charge on any atom is -0.476 e. The van der Waals surface area contributed by atoms with Gasteiger partial charge in [0.05, 0.1) is 5.56 Å². The van der Waals surface area contributed by atoms with E-state index < -0.39 is 29.4 Å². The highest BCUT2D eigenvalue weighted by Crippen LogP contribution is 2.34. The zero-order chi connectivity index (χ0) is 19.8. The van der Waals surface area contributed by atoms with Gasteiger partial charge in [0, 0.05) is 26.2 Å². The van der Waals surface area contributed by atoms with Crippen LogP contribution in [0.15, 0.2) is 22.6 Å². The fourth-order valence-corrected chi connectivity index (χ4v) is 2.80. The molecule has 0 aromatic carbocycles. The summed E-state index contributed by atoms with van der Waals surface area (Å²) in [5.41, 5.74) is -0.693. The van der Waals surface area contributed by atoms with E-state index in [0.29, 0.717) is 18.9 Å². The number of carboxylic acid groups (broad SMARTS) is 1. The molecule has 3 heterocycles. The number of aromatic carboxylic acids is 1. The van der Waals surface area contributed by atoms with E-state index in [1.807, 2.05) is 0 Å². The third kappa shape index (κ3) is 3.86. The molecular weight excluding hydrogens is 369 g/mol. The number of carbonyl (C=O) groups excluding carboxylic acids is 1. The molecule has 1 amide bonds. The van der Waals surface area contributed by atoms with Crippen LogP contribution in [0.4, 0.5) is 19.0 Å². The molecule has 8 nitrogen and oxygen atoms in total. The molecule has 0 spiro atoms. The number of halogens is 3. The molecule has 0 saturated carbocycles. The lowest BCUT2D eigenvalue weighted by atomic mass is 10.2. The number of aromatic nitrogens is 2. The number of anilines is 1. The number of aryl methyl sites for hydroxylation is 1. The highest BCUT2D eigenvalue weighted by atomic mass is 19.4. The second-order valence-corrected chi connectivity index (χ2v) is 5.96. The van der Waals surface area contributed by atoms with Crippen molar-refractivity contribution in [3.8, 4) is 0 Å². The minimum absolute atomic E-state index is 0.0121. The third-order valence-corrected chi connectivity index (χ3v) is 4.10. The van der Waals surface area contributed by atoms with Gasteiger partial charge in [-0.1, -0.05) is 0 Å². The Morgan fingerprint density at radius 2 is 1.81 bits per heavy atom. The molecule has 27 heavy (non-hydrogen) atoms. The fourth-order valence-electron chi connectivity index (χ4n) is 2.80. The van der Waals surface area contributed by atoms with E-state index in [0.717, 1.165) is 6.07 Å². The minimum atomic E-state index is -4.75. The first-order valence-electron chi connectivity index (χ1n) is 7.95. The number of hydrogen-bond acceptors (Lipinski definition) is 6. The van der Waals surface area contributed by atoms with Gasteiger partial charge < -0.3 is 19.3 Å². The van der Waals surface area contributed by atoms with Crippen molar-refractivity contribution in [3.63, 3.8) is 0 Å². The Hall–Kier alpha value is -3.11. The summed E-state index contributed by atoms with van der Waals surface area (Å²) in [7, 11) is 0. The summed E-state index contributed by atoms with van der Waals surface area (Å²) < 4.78 is 43.8. The number of furan rings is 1. The van der Waals surface area contributed by atoms with Gasteiger partial charge in [-0.25, -0.2) is 4.79 Å². The van der Waals surface area contributed by atoms with Crippen molar-refractivity contribution < 1.29 is 32.3 Å². The number of alkyl halides is 3. The Labute approximate surface area is 151 Å². The van der Waals surface area contributed by atoms with Crippen LogP contribution in [0.5, 0.6) is 0 Å². The molecular formula is C16H15F3N4O4.